The number of para-hydroxylation sites is 2. The lowest BCUT2D eigenvalue weighted by Gasteiger charge is -2.14. The molecule has 3 aromatic rings. The van der Waals surface area contributed by atoms with Crippen LogP contribution in [0.4, 0.5) is 5.69 Å². The van der Waals surface area contributed by atoms with E-state index < -0.39 is 0 Å². The number of carbonyl (C=O) groups is 2. The Bertz CT molecular complexity index is 1100. The van der Waals surface area contributed by atoms with Crippen molar-refractivity contribution in [3.63, 3.8) is 0 Å². The van der Waals surface area contributed by atoms with Gasteiger partial charge in [0.15, 0.2) is 0 Å². The highest BCUT2D eigenvalue weighted by molar-refractivity contribution is 6.09. The zero-order valence-corrected chi connectivity index (χ0v) is 17.7. The van der Waals surface area contributed by atoms with Crippen molar-refractivity contribution < 1.29 is 14.3 Å². The fourth-order valence-electron chi connectivity index (χ4n) is 3.76. The summed E-state index contributed by atoms with van der Waals surface area (Å²) in [5.74, 6) is -0.546. The molecule has 1 aromatic heterocycles. The Morgan fingerprint density at radius 3 is 2.61 bits per heavy atom. The van der Waals surface area contributed by atoms with E-state index >= 15 is 0 Å². The zero-order valence-electron chi connectivity index (χ0n) is 17.7. The molecule has 31 heavy (non-hydrogen) atoms. The van der Waals surface area contributed by atoms with Gasteiger partial charge in [-0.3, -0.25) is 9.59 Å². The summed E-state index contributed by atoms with van der Waals surface area (Å²) in [4.78, 5) is 25.7. The summed E-state index contributed by atoms with van der Waals surface area (Å²) >= 11 is 0. The van der Waals surface area contributed by atoms with E-state index in [4.69, 9.17) is 4.74 Å². The van der Waals surface area contributed by atoms with Crippen LogP contribution in [0.15, 0.2) is 54.7 Å². The molecule has 160 valence electrons. The van der Waals surface area contributed by atoms with Crippen LogP contribution in [-0.4, -0.2) is 40.9 Å². The molecular weight excluding hydrogens is 392 g/mol. The SMILES string of the molecule is Cc1ccccc1-n1ncc(C(=O)Nc2ccccc2C(=O)NCC2CCCO2)c1C. The second kappa shape index (κ2) is 9.14. The number of nitrogens with zero attached hydrogens (tertiary/aromatic N) is 2. The number of amides is 2. The van der Waals surface area contributed by atoms with Gasteiger partial charge >= 0.3 is 0 Å². The fraction of sp³-hybridized carbons (Fsp3) is 0.292. The van der Waals surface area contributed by atoms with Crippen LogP contribution in [0.1, 0.15) is 44.8 Å². The maximum absolute atomic E-state index is 13.0. The highest BCUT2D eigenvalue weighted by Crippen LogP contribution is 2.21. The summed E-state index contributed by atoms with van der Waals surface area (Å²) in [6.07, 6.45) is 3.57. The first-order chi connectivity index (χ1) is 15.0. The van der Waals surface area contributed by atoms with Crippen molar-refractivity contribution in [1.29, 1.82) is 0 Å². The lowest BCUT2D eigenvalue weighted by molar-refractivity contribution is 0.0858. The number of carbonyl (C=O) groups excluding carboxylic acids is 2. The summed E-state index contributed by atoms with van der Waals surface area (Å²) in [5, 5.41) is 10.2. The molecule has 0 bridgehead atoms. The summed E-state index contributed by atoms with van der Waals surface area (Å²) in [6.45, 7) is 5.06. The number of rotatable bonds is 6. The van der Waals surface area contributed by atoms with Crippen LogP contribution in [0.5, 0.6) is 0 Å². The first kappa shape index (κ1) is 20.8. The largest absolute Gasteiger partial charge is 0.376 e. The Kier molecular flexibility index (Phi) is 6.13. The van der Waals surface area contributed by atoms with Crippen LogP contribution in [0.25, 0.3) is 5.69 Å². The number of aromatic nitrogens is 2. The molecule has 4 rings (SSSR count). The van der Waals surface area contributed by atoms with Crippen molar-refractivity contribution in [1.82, 2.24) is 15.1 Å². The van der Waals surface area contributed by atoms with Gasteiger partial charge in [0.2, 0.25) is 0 Å². The van der Waals surface area contributed by atoms with Gasteiger partial charge in [0.05, 0.1) is 40.5 Å². The number of aryl methyl sites for hydroxylation is 1. The van der Waals surface area contributed by atoms with Gasteiger partial charge in [-0.1, -0.05) is 30.3 Å². The monoisotopic (exact) mass is 418 g/mol. The molecule has 0 aliphatic carbocycles. The summed E-state index contributed by atoms with van der Waals surface area (Å²) in [7, 11) is 0. The van der Waals surface area contributed by atoms with E-state index in [9.17, 15) is 9.59 Å². The molecule has 1 fully saturated rings. The molecular formula is C24H26N4O3. The van der Waals surface area contributed by atoms with E-state index in [0.717, 1.165) is 36.4 Å². The van der Waals surface area contributed by atoms with E-state index in [-0.39, 0.29) is 17.9 Å². The molecule has 2 aromatic carbocycles. The summed E-state index contributed by atoms with van der Waals surface area (Å²) in [6, 6.07) is 14.9. The number of ether oxygens (including phenoxy) is 1. The van der Waals surface area contributed by atoms with Gasteiger partial charge in [0.25, 0.3) is 11.8 Å². The minimum Gasteiger partial charge on any atom is -0.376 e. The first-order valence-corrected chi connectivity index (χ1v) is 10.5. The molecule has 1 saturated heterocycles. The highest BCUT2D eigenvalue weighted by atomic mass is 16.5. The van der Waals surface area contributed by atoms with Gasteiger partial charge in [-0.2, -0.15) is 5.10 Å². The van der Waals surface area contributed by atoms with Crippen molar-refractivity contribution in [2.45, 2.75) is 32.8 Å². The van der Waals surface area contributed by atoms with Gasteiger partial charge in [0, 0.05) is 13.2 Å². The van der Waals surface area contributed by atoms with Gasteiger partial charge < -0.3 is 15.4 Å². The molecule has 1 aliphatic rings. The minimum atomic E-state index is -0.309. The lowest BCUT2D eigenvalue weighted by atomic mass is 10.1. The Labute approximate surface area is 181 Å². The molecule has 2 heterocycles. The Morgan fingerprint density at radius 1 is 1.06 bits per heavy atom. The fourth-order valence-corrected chi connectivity index (χ4v) is 3.76. The molecule has 2 amide bonds. The van der Waals surface area contributed by atoms with Crippen molar-refractivity contribution in [2.75, 3.05) is 18.5 Å². The van der Waals surface area contributed by atoms with E-state index in [1.165, 1.54) is 0 Å². The molecule has 0 spiro atoms. The van der Waals surface area contributed by atoms with Crippen molar-refractivity contribution >= 4 is 17.5 Å². The first-order valence-electron chi connectivity index (χ1n) is 10.5. The third-order valence-electron chi connectivity index (χ3n) is 5.53. The van der Waals surface area contributed by atoms with E-state index in [2.05, 4.69) is 15.7 Å². The quantitative estimate of drug-likeness (QED) is 0.640. The van der Waals surface area contributed by atoms with Gasteiger partial charge in [0.1, 0.15) is 0 Å². The van der Waals surface area contributed by atoms with Crippen molar-refractivity contribution in [3.05, 3.63) is 77.1 Å². The van der Waals surface area contributed by atoms with Gasteiger partial charge in [-0.15, -0.1) is 0 Å². The van der Waals surface area contributed by atoms with E-state index in [1.807, 2.05) is 38.1 Å². The number of hydrogen-bond donors (Lipinski definition) is 2. The average Bonchev–Trinajstić information content (AvgIpc) is 3.42. The molecule has 7 heteroatoms. The van der Waals surface area contributed by atoms with Crippen molar-refractivity contribution in [3.8, 4) is 5.69 Å². The van der Waals surface area contributed by atoms with Crippen LogP contribution < -0.4 is 10.6 Å². The normalized spacial score (nSPS) is 15.6. The maximum atomic E-state index is 13.0. The van der Waals surface area contributed by atoms with Gasteiger partial charge in [-0.05, 0) is 50.5 Å². The van der Waals surface area contributed by atoms with Crippen LogP contribution in [0, 0.1) is 13.8 Å². The molecule has 0 saturated carbocycles. The second-order valence-electron chi connectivity index (χ2n) is 7.69. The van der Waals surface area contributed by atoms with E-state index in [1.54, 1.807) is 35.1 Å². The molecule has 1 atom stereocenters. The highest BCUT2D eigenvalue weighted by Gasteiger charge is 2.20. The number of benzene rings is 2. The number of anilines is 1. The van der Waals surface area contributed by atoms with Crippen molar-refractivity contribution in [2.24, 2.45) is 0 Å². The Hall–Kier alpha value is -3.45. The maximum Gasteiger partial charge on any atom is 0.259 e. The molecule has 0 radical (unpaired) electrons. The zero-order chi connectivity index (χ0) is 21.8. The smallest absolute Gasteiger partial charge is 0.259 e. The topological polar surface area (TPSA) is 85.2 Å². The summed E-state index contributed by atoms with van der Waals surface area (Å²) in [5.41, 5.74) is 4.05. The molecule has 1 aliphatic heterocycles. The number of hydrogen-bond acceptors (Lipinski definition) is 4. The average molecular weight is 418 g/mol. The molecule has 7 nitrogen and oxygen atoms in total. The Balaban J connectivity index is 1.50. The second-order valence-corrected chi connectivity index (χ2v) is 7.69. The third-order valence-corrected chi connectivity index (χ3v) is 5.53. The third kappa shape index (κ3) is 4.51. The molecule has 1 unspecified atom stereocenters. The lowest BCUT2D eigenvalue weighted by Crippen LogP contribution is -2.32. The van der Waals surface area contributed by atoms with E-state index in [0.29, 0.717) is 23.4 Å². The van der Waals surface area contributed by atoms with Crippen LogP contribution in [0.3, 0.4) is 0 Å². The predicted octanol–water partition coefficient (Wildman–Crippen LogP) is 3.65. The number of nitrogens with one attached hydrogen (secondary N) is 2. The van der Waals surface area contributed by atoms with Gasteiger partial charge in [-0.25, -0.2) is 4.68 Å². The van der Waals surface area contributed by atoms with Crippen LogP contribution in [0.2, 0.25) is 0 Å². The predicted molar refractivity (Wildman–Crippen MR) is 119 cm³/mol. The molecule has 2 N–H and O–H groups in total. The Morgan fingerprint density at radius 2 is 1.84 bits per heavy atom. The van der Waals surface area contributed by atoms with Crippen LogP contribution in [-0.2, 0) is 4.74 Å². The minimum absolute atomic E-state index is 0.0561. The van der Waals surface area contributed by atoms with Crippen LogP contribution >= 0.6 is 0 Å². The summed E-state index contributed by atoms with van der Waals surface area (Å²) < 4.78 is 7.31. The standard InChI is InChI=1S/C24H26N4O3/c1-16-8-3-6-12-22(16)28-17(2)20(15-26-28)24(30)27-21-11-5-4-10-19(21)23(29)25-14-18-9-7-13-31-18/h3-6,8,10-12,15,18H,7,9,13-14H2,1-2H3,(H,25,29)(H,27,30).